The van der Waals surface area contributed by atoms with Gasteiger partial charge in [-0.3, -0.25) is 5.32 Å². The van der Waals surface area contributed by atoms with Gasteiger partial charge < -0.3 is 10.5 Å². The topological polar surface area (TPSA) is 97.5 Å². The Kier molecular flexibility index (Phi) is 6.10. The van der Waals surface area contributed by atoms with E-state index in [0.717, 1.165) is 25.3 Å². The van der Waals surface area contributed by atoms with Gasteiger partial charge in [-0.1, -0.05) is 6.07 Å². The van der Waals surface area contributed by atoms with Crippen LogP contribution in [-0.2, 0) is 4.74 Å². The van der Waals surface area contributed by atoms with E-state index in [1.165, 1.54) is 30.3 Å². The Morgan fingerprint density at radius 2 is 1.74 bits per heavy atom. The second kappa shape index (κ2) is 8.74. The molecule has 3 amide bonds. The van der Waals surface area contributed by atoms with Gasteiger partial charge in [0.15, 0.2) is 0 Å². The number of carbonyl (C=O) groups excluding carboxylic acids is 2. The summed E-state index contributed by atoms with van der Waals surface area (Å²) in [5.41, 5.74) is 5.79. The average Bonchev–Trinajstić information content (AvgIpc) is 2.71. The summed E-state index contributed by atoms with van der Waals surface area (Å²) in [6.07, 6.45) is -0.803. The Labute approximate surface area is 175 Å². The molecule has 0 aliphatic heterocycles. The predicted octanol–water partition coefficient (Wildman–Crippen LogP) is 4.87. The lowest BCUT2D eigenvalue weighted by Gasteiger charge is -2.22. The number of ether oxygens (including phenoxy) is 1. The second-order valence-electron chi connectivity index (χ2n) is 6.39. The molecular formula is C21H17F3N4O3. The highest BCUT2D eigenvalue weighted by Gasteiger charge is 2.25. The smallest absolute Gasteiger partial charge is 0.411 e. The molecule has 2 aromatic carbocycles. The first-order valence-electron chi connectivity index (χ1n) is 8.89. The number of carbonyl (C=O) groups is 2. The van der Waals surface area contributed by atoms with Crippen LogP contribution < -0.4 is 16.0 Å². The Morgan fingerprint density at radius 3 is 2.32 bits per heavy atom. The number of amides is 3. The molecule has 0 radical (unpaired) electrons. The van der Waals surface area contributed by atoms with Gasteiger partial charge in [0.2, 0.25) is 0 Å². The summed E-state index contributed by atoms with van der Waals surface area (Å²) in [6.45, 7) is 1.61. The number of aromatic nitrogens is 1. The number of benzene rings is 2. The Hall–Kier alpha value is -4.08. The fourth-order valence-corrected chi connectivity index (χ4v) is 2.97. The zero-order valence-electron chi connectivity index (χ0n) is 16.4. The summed E-state index contributed by atoms with van der Waals surface area (Å²) in [4.78, 5) is 28.7. The molecule has 3 aromatic rings. The van der Waals surface area contributed by atoms with Crippen LogP contribution in [0.25, 0.3) is 11.3 Å². The van der Waals surface area contributed by atoms with Crippen molar-refractivity contribution in [3.8, 4) is 11.3 Å². The monoisotopic (exact) mass is 430 g/mol. The van der Waals surface area contributed by atoms with E-state index in [0.29, 0.717) is 16.0 Å². The minimum atomic E-state index is -1.19. The predicted molar refractivity (Wildman–Crippen MR) is 108 cm³/mol. The number of primary amides is 1. The van der Waals surface area contributed by atoms with Crippen molar-refractivity contribution in [3.63, 3.8) is 0 Å². The van der Waals surface area contributed by atoms with E-state index < -0.39 is 35.3 Å². The Morgan fingerprint density at radius 1 is 1.06 bits per heavy atom. The van der Waals surface area contributed by atoms with Crippen LogP contribution >= 0.6 is 0 Å². The maximum atomic E-state index is 14.3. The van der Waals surface area contributed by atoms with Crippen molar-refractivity contribution >= 4 is 29.3 Å². The van der Waals surface area contributed by atoms with Crippen molar-refractivity contribution in [2.45, 2.75) is 6.92 Å². The summed E-state index contributed by atoms with van der Waals surface area (Å²) in [5.74, 6) is -2.77. The number of nitrogens with zero attached hydrogens (tertiary/aromatic N) is 2. The van der Waals surface area contributed by atoms with Gasteiger partial charge >= 0.3 is 12.1 Å². The zero-order chi connectivity index (χ0) is 22.7. The highest BCUT2D eigenvalue weighted by Crippen LogP contribution is 2.35. The quantitative estimate of drug-likeness (QED) is 0.617. The molecule has 1 heterocycles. The lowest BCUT2D eigenvalue weighted by molar-refractivity contribution is 0.187. The van der Waals surface area contributed by atoms with Crippen LogP contribution in [0.1, 0.15) is 5.56 Å². The summed E-state index contributed by atoms with van der Waals surface area (Å²) < 4.78 is 46.9. The van der Waals surface area contributed by atoms with Crippen molar-refractivity contribution in [2.24, 2.45) is 5.73 Å². The highest BCUT2D eigenvalue weighted by atomic mass is 19.1. The van der Waals surface area contributed by atoms with E-state index >= 15 is 0 Å². The van der Waals surface area contributed by atoms with Crippen LogP contribution in [0.2, 0.25) is 0 Å². The van der Waals surface area contributed by atoms with Crippen LogP contribution in [-0.4, -0.2) is 24.2 Å². The molecule has 31 heavy (non-hydrogen) atoms. The maximum Gasteiger partial charge on any atom is 0.411 e. The van der Waals surface area contributed by atoms with E-state index in [-0.39, 0.29) is 17.2 Å². The molecule has 1 aromatic heterocycles. The molecule has 3 rings (SSSR count). The van der Waals surface area contributed by atoms with Gasteiger partial charge in [-0.05, 0) is 55.0 Å². The average molecular weight is 430 g/mol. The van der Waals surface area contributed by atoms with E-state index in [9.17, 15) is 22.8 Å². The van der Waals surface area contributed by atoms with Crippen LogP contribution in [0.3, 0.4) is 0 Å². The summed E-state index contributed by atoms with van der Waals surface area (Å²) in [5, 5.41) is 2.46. The van der Waals surface area contributed by atoms with Gasteiger partial charge in [-0.25, -0.2) is 32.6 Å². The van der Waals surface area contributed by atoms with Crippen molar-refractivity contribution in [1.29, 1.82) is 0 Å². The number of nitrogens with two attached hydrogens (primary N) is 1. The molecule has 0 saturated heterocycles. The SMILES string of the molecule is COC(=O)Nc1ccc(N(C(N)=O)c2c(F)cccc2F)nc1-c1ccc(F)cc1C. The number of urea groups is 1. The summed E-state index contributed by atoms with van der Waals surface area (Å²) in [7, 11) is 1.16. The first-order valence-corrected chi connectivity index (χ1v) is 8.89. The van der Waals surface area contributed by atoms with Crippen molar-refractivity contribution in [2.75, 3.05) is 17.3 Å². The van der Waals surface area contributed by atoms with Gasteiger partial charge in [-0.2, -0.15) is 0 Å². The third-order valence-corrected chi connectivity index (χ3v) is 4.36. The number of para-hydroxylation sites is 1. The lowest BCUT2D eigenvalue weighted by Crippen LogP contribution is -2.33. The number of hydrogen-bond donors (Lipinski definition) is 2. The number of anilines is 3. The first kappa shape index (κ1) is 21.6. The molecule has 3 N–H and O–H groups in total. The molecule has 0 atom stereocenters. The van der Waals surface area contributed by atoms with E-state index in [1.54, 1.807) is 6.92 Å². The second-order valence-corrected chi connectivity index (χ2v) is 6.39. The zero-order valence-corrected chi connectivity index (χ0v) is 16.4. The van der Waals surface area contributed by atoms with Crippen molar-refractivity contribution in [3.05, 3.63) is 71.5 Å². The molecule has 0 unspecified atom stereocenters. The summed E-state index contributed by atoms with van der Waals surface area (Å²) >= 11 is 0. The number of rotatable bonds is 4. The third kappa shape index (κ3) is 4.42. The molecule has 0 saturated carbocycles. The van der Waals surface area contributed by atoms with Crippen LogP contribution in [0.4, 0.5) is 40.0 Å². The molecule has 0 aliphatic carbocycles. The number of aryl methyl sites for hydroxylation is 1. The Bertz CT molecular complexity index is 1150. The fourth-order valence-electron chi connectivity index (χ4n) is 2.97. The van der Waals surface area contributed by atoms with Gasteiger partial charge in [0.05, 0.1) is 18.5 Å². The molecule has 0 fully saturated rings. The molecule has 7 nitrogen and oxygen atoms in total. The summed E-state index contributed by atoms with van der Waals surface area (Å²) in [6, 6.07) is 8.31. The highest BCUT2D eigenvalue weighted by molar-refractivity contribution is 5.99. The minimum Gasteiger partial charge on any atom is -0.453 e. The van der Waals surface area contributed by atoms with Gasteiger partial charge in [0, 0.05) is 5.56 Å². The number of halogens is 3. The van der Waals surface area contributed by atoms with Gasteiger partial charge in [0.25, 0.3) is 0 Å². The minimum absolute atomic E-state index is 0.100. The van der Waals surface area contributed by atoms with Crippen LogP contribution in [0.15, 0.2) is 48.5 Å². The van der Waals surface area contributed by atoms with Crippen molar-refractivity contribution < 1.29 is 27.5 Å². The standard InChI is InChI=1S/C21H17F3N4O3/c1-11-10-12(22)6-7-13(11)18-16(26-21(30)31-2)8-9-17(27-18)28(20(25)29)19-14(23)4-3-5-15(19)24/h3-10H,1-2H3,(H2,25,29)(H,26,30). The molecule has 10 heteroatoms. The molecule has 0 aliphatic rings. The van der Waals surface area contributed by atoms with Crippen molar-refractivity contribution in [1.82, 2.24) is 4.98 Å². The third-order valence-electron chi connectivity index (χ3n) is 4.36. The fraction of sp³-hybridized carbons (Fsp3) is 0.0952. The van der Waals surface area contributed by atoms with E-state index in [4.69, 9.17) is 5.73 Å². The lowest BCUT2D eigenvalue weighted by atomic mass is 10.0. The normalized spacial score (nSPS) is 10.5. The van der Waals surface area contributed by atoms with E-state index in [2.05, 4.69) is 15.0 Å². The number of pyridine rings is 1. The van der Waals surface area contributed by atoms with Gasteiger partial charge in [0.1, 0.15) is 29.0 Å². The molecule has 160 valence electrons. The Balaban J connectivity index is 2.24. The molecule has 0 bridgehead atoms. The van der Waals surface area contributed by atoms with Gasteiger partial charge in [-0.15, -0.1) is 0 Å². The largest absolute Gasteiger partial charge is 0.453 e. The van der Waals surface area contributed by atoms with Crippen LogP contribution in [0.5, 0.6) is 0 Å². The van der Waals surface area contributed by atoms with Crippen LogP contribution in [0, 0.1) is 24.4 Å². The van der Waals surface area contributed by atoms with E-state index in [1.807, 2.05) is 0 Å². The maximum absolute atomic E-state index is 14.3. The number of methoxy groups -OCH3 is 1. The number of hydrogen-bond acceptors (Lipinski definition) is 4. The molecule has 0 spiro atoms. The molecular weight excluding hydrogens is 413 g/mol. The first-order chi connectivity index (χ1) is 14.7. The number of nitrogens with one attached hydrogen (secondary N) is 1.